The van der Waals surface area contributed by atoms with Crippen LogP contribution in [0.25, 0.3) is 0 Å². The molecule has 20 heavy (non-hydrogen) atoms. The van der Waals surface area contributed by atoms with Gasteiger partial charge in [-0.3, -0.25) is 10.7 Å². The summed E-state index contributed by atoms with van der Waals surface area (Å²) in [6.07, 6.45) is 3.61. The molecule has 0 amide bonds. The smallest absolute Gasteiger partial charge is 0.333 e. The molecule has 0 atom stereocenters. The van der Waals surface area contributed by atoms with E-state index < -0.39 is 10.7 Å². The van der Waals surface area contributed by atoms with Crippen molar-refractivity contribution < 1.29 is 4.92 Å². The van der Waals surface area contributed by atoms with Gasteiger partial charge in [0, 0.05) is 24.5 Å². The second-order valence-electron chi connectivity index (χ2n) is 4.15. The van der Waals surface area contributed by atoms with E-state index in [0.29, 0.717) is 12.1 Å². The zero-order chi connectivity index (χ0) is 14.4. The predicted octanol–water partition coefficient (Wildman–Crippen LogP) is 2.14. The highest BCUT2D eigenvalue weighted by Gasteiger charge is 2.13. The second kappa shape index (κ2) is 6.33. The maximum Gasteiger partial charge on any atom is 0.333 e. The Kier molecular flexibility index (Phi) is 4.28. The first-order chi connectivity index (χ1) is 9.66. The Balaban J connectivity index is 2.27. The molecule has 0 bridgehead atoms. The van der Waals surface area contributed by atoms with E-state index in [2.05, 4.69) is 10.3 Å². The number of nitrogens with two attached hydrogens (primary N) is 1. The molecule has 0 fully saturated rings. The van der Waals surface area contributed by atoms with Crippen LogP contribution in [0.3, 0.4) is 0 Å². The Morgan fingerprint density at radius 3 is 2.60 bits per heavy atom. The third kappa shape index (κ3) is 3.55. The standard InChI is InChI=1S/C14H14N4O2/c15-14(18(19)20)13(9-11-5-4-8-16-10-11)17-12-6-2-1-3-7-12/h1-8,10,17H,9,15H2. The minimum Gasteiger partial charge on any atom is -0.358 e. The summed E-state index contributed by atoms with van der Waals surface area (Å²) in [5.74, 6) is -0.391. The Morgan fingerprint density at radius 2 is 2.00 bits per heavy atom. The molecule has 0 saturated heterocycles. The summed E-state index contributed by atoms with van der Waals surface area (Å²) < 4.78 is 0. The quantitative estimate of drug-likeness (QED) is 0.641. The first-order valence-electron chi connectivity index (χ1n) is 6.01. The summed E-state index contributed by atoms with van der Waals surface area (Å²) >= 11 is 0. The summed E-state index contributed by atoms with van der Waals surface area (Å²) in [4.78, 5) is 14.3. The normalized spacial score (nSPS) is 11.6. The molecule has 1 aromatic heterocycles. The lowest BCUT2D eigenvalue weighted by atomic mass is 10.1. The van der Waals surface area contributed by atoms with Crippen LogP contribution in [0.2, 0.25) is 0 Å². The van der Waals surface area contributed by atoms with Crippen molar-refractivity contribution in [2.45, 2.75) is 6.42 Å². The van der Waals surface area contributed by atoms with Gasteiger partial charge in [-0.15, -0.1) is 0 Å². The zero-order valence-corrected chi connectivity index (χ0v) is 10.7. The molecule has 1 aromatic carbocycles. The van der Waals surface area contributed by atoms with Crippen LogP contribution in [0, 0.1) is 10.1 Å². The van der Waals surface area contributed by atoms with E-state index in [9.17, 15) is 10.1 Å². The monoisotopic (exact) mass is 270 g/mol. The van der Waals surface area contributed by atoms with E-state index in [1.807, 2.05) is 36.4 Å². The van der Waals surface area contributed by atoms with Crippen molar-refractivity contribution in [1.29, 1.82) is 0 Å². The molecule has 1 heterocycles. The van der Waals surface area contributed by atoms with E-state index in [1.54, 1.807) is 18.5 Å². The van der Waals surface area contributed by atoms with Gasteiger partial charge in [-0.1, -0.05) is 24.3 Å². The molecule has 6 heteroatoms. The topological polar surface area (TPSA) is 94.1 Å². The number of hydrogen-bond acceptors (Lipinski definition) is 5. The van der Waals surface area contributed by atoms with Crippen LogP contribution >= 0.6 is 0 Å². The van der Waals surface area contributed by atoms with Gasteiger partial charge in [-0.05, 0) is 28.7 Å². The van der Waals surface area contributed by atoms with Gasteiger partial charge in [-0.25, -0.2) is 0 Å². The van der Waals surface area contributed by atoms with E-state index in [1.165, 1.54) is 0 Å². The molecule has 0 aliphatic heterocycles. The van der Waals surface area contributed by atoms with E-state index >= 15 is 0 Å². The Hall–Kier alpha value is -2.89. The molecule has 102 valence electrons. The number of nitrogens with one attached hydrogen (secondary N) is 1. The Bertz CT molecular complexity index is 568. The van der Waals surface area contributed by atoms with Crippen molar-refractivity contribution in [2.75, 3.05) is 5.32 Å². The van der Waals surface area contributed by atoms with Gasteiger partial charge in [0.15, 0.2) is 0 Å². The van der Waals surface area contributed by atoms with Crippen LogP contribution in [0.4, 0.5) is 5.69 Å². The molecule has 2 aromatic rings. The molecule has 6 nitrogen and oxygen atoms in total. The number of para-hydroxylation sites is 1. The summed E-state index contributed by atoms with van der Waals surface area (Å²) in [7, 11) is 0. The van der Waals surface area contributed by atoms with Crippen molar-refractivity contribution in [3.63, 3.8) is 0 Å². The van der Waals surface area contributed by atoms with Crippen LogP contribution in [-0.2, 0) is 6.42 Å². The van der Waals surface area contributed by atoms with Crippen molar-refractivity contribution >= 4 is 5.69 Å². The fraction of sp³-hybridized carbons (Fsp3) is 0.0714. The Morgan fingerprint density at radius 1 is 1.25 bits per heavy atom. The van der Waals surface area contributed by atoms with Crippen LogP contribution in [0.15, 0.2) is 66.4 Å². The largest absolute Gasteiger partial charge is 0.358 e. The third-order valence-electron chi connectivity index (χ3n) is 2.68. The van der Waals surface area contributed by atoms with Gasteiger partial charge < -0.3 is 15.4 Å². The zero-order valence-electron chi connectivity index (χ0n) is 10.7. The van der Waals surface area contributed by atoms with Crippen LogP contribution in [0.1, 0.15) is 5.56 Å². The van der Waals surface area contributed by atoms with Crippen molar-refractivity contribution in [1.82, 2.24) is 4.98 Å². The van der Waals surface area contributed by atoms with Gasteiger partial charge >= 0.3 is 5.82 Å². The number of allylic oxidation sites excluding steroid dienone is 1. The van der Waals surface area contributed by atoms with Crippen molar-refractivity contribution in [2.24, 2.45) is 5.73 Å². The summed E-state index contributed by atoms with van der Waals surface area (Å²) in [5, 5.41) is 13.9. The fourth-order valence-electron chi connectivity index (χ4n) is 1.71. The number of aromatic nitrogens is 1. The molecular weight excluding hydrogens is 256 g/mol. The summed E-state index contributed by atoms with van der Waals surface area (Å²) in [5.41, 5.74) is 7.49. The lowest BCUT2D eigenvalue weighted by Crippen LogP contribution is -2.18. The minimum absolute atomic E-state index is 0.315. The molecular formula is C14H14N4O2. The summed E-state index contributed by atoms with van der Waals surface area (Å²) in [6.45, 7) is 0. The van der Waals surface area contributed by atoms with Crippen LogP contribution < -0.4 is 11.1 Å². The molecule has 0 saturated carbocycles. The van der Waals surface area contributed by atoms with Gasteiger partial charge in [0.1, 0.15) is 5.70 Å². The molecule has 0 aliphatic carbocycles. The minimum atomic E-state index is -0.596. The van der Waals surface area contributed by atoms with Crippen LogP contribution in [-0.4, -0.2) is 9.91 Å². The fourth-order valence-corrected chi connectivity index (χ4v) is 1.71. The second-order valence-corrected chi connectivity index (χ2v) is 4.15. The highest BCUT2D eigenvalue weighted by molar-refractivity contribution is 5.49. The van der Waals surface area contributed by atoms with E-state index in [4.69, 9.17) is 5.73 Å². The first kappa shape index (κ1) is 13.5. The lowest BCUT2D eigenvalue weighted by Gasteiger charge is -2.11. The first-order valence-corrected chi connectivity index (χ1v) is 6.01. The number of nitrogens with zero attached hydrogens (tertiary/aromatic N) is 2. The van der Waals surface area contributed by atoms with E-state index in [0.717, 1.165) is 11.3 Å². The highest BCUT2D eigenvalue weighted by Crippen LogP contribution is 2.14. The SMILES string of the molecule is NC(=C(Cc1cccnc1)Nc1ccccc1)[N+](=O)[O-]. The third-order valence-corrected chi connectivity index (χ3v) is 2.68. The van der Waals surface area contributed by atoms with Crippen molar-refractivity contribution in [3.8, 4) is 0 Å². The average Bonchev–Trinajstić information content (AvgIpc) is 2.48. The van der Waals surface area contributed by atoms with Crippen LogP contribution in [0.5, 0.6) is 0 Å². The Labute approximate surface area is 116 Å². The predicted molar refractivity (Wildman–Crippen MR) is 76.2 cm³/mol. The van der Waals surface area contributed by atoms with Gasteiger partial charge in [-0.2, -0.15) is 0 Å². The highest BCUT2D eigenvalue weighted by atomic mass is 16.6. The molecule has 0 spiro atoms. The van der Waals surface area contributed by atoms with Gasteiger partial charge in [0.25, 0.3) is 0 Å². The molecule has 2 rings (SSSR count). The lowest BCUT2D eigenvalue weighted by molar-refractivity contribution is -0.427. The number of pyridine rings is 1. The average molecular weight is 270 g/mol. The maximum atomic E-state index is 10.9. The molecule has 3 N–H and O–H groups in total. The van der Waals surface area contributed by atoms with Gasteiger partial charge in [0.2, 0.25) is 0 Å². The number of nitro groups is 1. The molecule has 0 radical (unpaired) electrons. The number of anilines is 1. The summed E-state index contributed by atoms with van der Waals surface area (Å²) in [6, 6.07) is 12.8. The van der Waals surface area contributed by atoms with E-state index in [-0.39, 0.29) is 0 Å². The van der Waals surface area contributed by atoms with Gasteiger partial charge in [0.05, 0.1) is 0 Å². The number of rotatable bonds is 5. The maximum absolute atomic E-state index is 10.9. The molecule has 0 aliphatic rings. The molecule has 0 unspecified atom stereocenters. The van der Waals surface area contributed by atoms with Crippen molar-refractivity contribution in [3.05, 3.63) is 82.1 Å². The number of hydrogen-bond donors (Lipinski definition) is 2. The number of benzene rings is 1.